The van der Waals surface area contributed by atoms with Crippen LogP contribution >= 0.6 is 0 Å². The predicted octanol–water partition coefficient (Wildman–Crippen LogP) is 3.40. The summed E-state index contributed by atoms with van der Waals surface area (Å²) in [4.78, 5) is 24.3. The summed E-state index contributed by atoms with van der Waals surface area (Å²) in [6, 6.07) is 5.75. The van der Waals surface area contributed by atoms with Crippen LogP contribution in [0, 0.1) is 5.82 Å². The Morgan fingerprint density at radius 3 is 2.56 bits per heavy atom. The number of benzene rings is 1. The number of fused-ring (bicyclic) bond motifs is 1. The van der Waals surface area contributed by atoms with Gasteiger partial charge < -0.3 is 14.4 Å². The van der Waals surface area contributed by atoms with E-state index < -0.39 is 23.5 Å². The maximum Gasteiger partial charge on any atom is 0.451 e. The van der Waals surface area contributed by atoms with Crippen molar-refractivity contribution >= 4 is 5.82 Å². The van der Waals surface area contributed by atoms with Crippen LogP contribution < -0.4 is 20.1 Å². The summed E-state index contributed by atoms with van der Waals surface area (Å²) in [7, 11) is 1.86. The number of aromatic nitrogens is 4. The van der Waals surface area contributed by atoms with Gasteiger partial charge in [0.15, 0.2) is 17.3 Å². The summed E-state index contributed by atoms with van der Waals surface area (Å²) in [5.74, 6) is -1.66. The van der Waals surface area contributed by atoms with Crippen molar-refractivity contribution < 1.29 is 27.0 Å². The molecule has 2 aromatic heterocycles. The smallest absolute Gasteiger partial charge is 0.451 e. The SMILES string of the molecule is C[C@H]1Cn2c(cc(OCc3ccc(Oc4cnc(C(F)(F)F)nc4)c(F)c3)nc2=O)N1C. The standard InChI is InChI=1S/C20H17F4N5O3/c1-11-9-29-17(28(11)2)6-16(27-19(29)30)31-10-12-3-4-15(14(21)5-12)32-13-7-25-18(26-8-13)20(22,23)24/h3-8,11H,9-10H2,1-2H3/t11-/m0/s1. The molecule has 168 valence electrons. The molecule has 4 rings (SSSR count). The summed E-state index contributed by atoms with van der Waals surface area (Å²) < 4.78 is 64.2. The largest absolute Gasteiger partial charge is 0.473 e. The highest BCUT2D eigenvalue weighted by Crippen LogP contribution is 2.29. The van der Waals surface area contributed by atoms with Gasteiger partial charge in [0.25, 0.3) is 0 Å². The molecule has 3 heterocycles. The number of likely N-dealkylation sites (N-methyl/N-ethyl adjacent to an activating group) is 1. The third kappa shape index (κ3) is 4.34. The fourth-order valence-corrected chi connectivity index (χ4v) is 3.14. The summed E-state index contributed by atoms with van der Waals surface area (Å²) in [5.41, 5.74) is 0.00466. The number of hydrogen-bond acceptors (Lipinski definition) is 7. The van der Waals surface area contributed by atoms with Gasteiger partial charge in [0.1, 0.15) is 12.4 Å². The average molecular weight is 451 g/mol. The van der Waals surface area contributed by atoms with Gasteiger partial charge in [-0.25, -0.2) is 19.2 Å². The topological polar surface area (TPSA) is 82.4 Å². The molecule has 1 aliphatic rings. The first-order valence-corrected chi connectivity index (χ1v) is 9.45. The highest BCUT2D eigenvalue weighted by molar-refractivity contribution is 5.45. The molecule has 1 aromatic carbocycles. The van der Waals surface area contributed by atoms with Crippen LogP contribution in [0.5, 0.6) is 17.4 Å². The highest BCUT2D eigenvalue weighted by atomic mass is 19.4. The van der Waals surface area contributed by atoms with E-state index >= 15 is 0 Å². The molecule has 0 saturated carbocycles. The molecule has 0 spiro atoms. The lowest BCUT2D eigenvalue weighted by atomic mass is 10.2. The molecule has 0 bridgehead atoms. The van der Waals surface area contributed by atoms with Gasteiger partial charge >= 0.3 is 11.9 Å². The molecule has 0 saturated heterocycles. The molecule has 8 nitrogen and oxygen atoms in total. The van der Waals surface area contributed by atoms with Crippen molar-refractivity contribution in [2.45, 2.75) is 32.3 Å². The summed E-state index contributed by atoms with van der Waals surface area (Å²) in [6.07, 6.45) is -3.07. The molecular formula is C20H17F4N5O3. The third-order valence-corrected chi connectivity index (χ3v) is 4.93. The van der Waals surface area contributed by atoms with Crippen molar-refractivity contribution in [1.29, 1.82) is 0 Å². The molecule has 0 aliphatic carbocycles. The Bertz CT molecular complexity index is 1200. The van der Waals surface area contributed by atoms with E-state index in [9.17, 15) is 22.4 Å². The fraction of sp³-hybridized carbons (Fsp3) is 0.300. The van der Waals surface area contributed by atoms with E-state index in [0.717, 1.165) is 18.5 Å². The van der Waals surface area contributed by atoms with Crippen molar-refractivity contribution in [3.63, 3.8) is 0 Å². The normalized spacial score (nSPS) is 15.6. The van der Waals surface area contributed by atoms with Gasteiger partial charge in [-0.3, -0.25) is 4.57 Å². The molecule has 1 aliphatic heterocycles. The molecule has 1 atom stereocenters. The minimum atomic E-state index is -4.68. The second-order valence-corrected chi connectivity index (χ2v) is 7.20. The van der Waals surface area contributed by atoms with Crippen LogP contribution in [0.2, 0.25) is 0 Å². The van der Waals surface area contributed by atoms with E-state index in [1.54, 1.807) is 10.6 Å². The maximum atomic E-state index is 14.4. The van der Waals surface area contributed by atoms with E-state index in [2.05, 4.69) is 15.0 Å². The van der Waals surface area contributed by atoms with Crippen molar-refractivity contribution in [3.05, 3.63) is 64.3 Å². The zero-order chi connectivity index (χ0) is 23.0. The monoisotopic (exact) mass is 451 g/mol. The third-order valence-electron chi connectivity index (χ3n) is 4.93. The number of hydrogen-bond donors (Lipinski definition) is 0. The first-order valence-electron chi connectivity index (χ1n) is 9.45. The van der Waals surface area contributed by atoms with Crippen molar-refractivity contribution in [2.75, 3.05) is 11.9 Å². The van der Waals surface area contributed by atoms with Gasteiger partial charge in [0.05, 0.1) is 12.4 Å². The summed E-state index contributed by atoms with van der Waals surface area (Å²) in [5, 5.41) is 0. The van der Waals surface area contributed by atoms with Crippen molar-refractivity contribution in [2.24, 2.45) is 0 Å². The lowest BCUT2D eigenvalue weighted by molar-refractivity contribution is -0.145. The van der Waals surface area contributed by atoms with Crippen LogP contribution in [0.15, 0.2) is 41.5 Å². The Hall–Kier alpha value is -3.70. The minimum Gasteiger partial charge on any atom is -0.473 e. The van der Waals surface area contributed by atoms with Gasteiger partial charge in [-0.15, -0.1) is 0 Å². The van der Waals surface area contributed by atoms with Gasteiger partial charge in [-0.2, -0.15) is 18.2 Å². The number of halogens is 4. The Balaban J connectivity index is 1.43. The van der Waals surface area contributed by atoms with Gasteiger partial charge in [0, 0.05) is 25.7 Å². The minimum absolute atomic E-state index is 0.0598. The zero-order valence-electron chi connectivity index (χ0n) is 16.9. The molecular weight excluding hydrogens is 434 g/mol. The molecule has 0 unspecified atom stereocenters. The predicted molar refractivity (Wildman–Crippen MR) is 104 cm³/mol. The van der Waals surface area contributed by atoms with Crippen LogP contribution in [0.1, 0.15) is 18.3 Å². The van der Waals surface area contributed by atoms with E-state index in [4.69, 9.17) is 9.47 Å². The Morgan fingerprint density at radius 1 is 1.19 bits per heavy atom. The second-order valence-electron chi connectivity index (χ2n) is 7.20. The zero-order valence-corrected chi connectivity index (χ0v) is 16.9. The maximum absolute atomic E-state index is 14.4. The molecule has 0 amide bonds. The highest BCUT2D eigenvalue weighted by Gasteiger charge is 2.34. The lowest BCUT2D eigenvalue weighted by Crippen LogP contribution is -2.23. The van der Waals surface area contributed by atoms with Gasteiger partial charge in [0.2, 0.25) is 11.7 Å². The second kappa shape index (κ2) is 8.09. The van der Waals surface area contributed by atoms with E-state index in [1.165, 1.54) is 12.1 Å². The van der Waals surface area contributed by atoms with Gasteiger partial charge in [-0.05, 0) is 24.6 Å². The molecule has 3 aromatic rings. The summed E-state index contributed by atoms with van der Waals surface area (Å²) >= 11 is 0. The van der Waals surface area contributed by atoms with E-state index in [1.807, 2.05) is 18.9 Å². The number of ether oxygens (including phenoxy) is 2. The molecule has 0 radical (unpaired) electrons. The number of alkyl halides is 3. The Labute approximate surface area is 179 Å². The van der Waals surface area contributed by atoms with Crippen LogP contribution in [0.25, 0.3) is 0 Å². The Kier molecular flexibility index (Phi) is 5.45. The number of nitrogens with zero attached hydrogens (tertiary/aromatic N) is 5. The number of rotatable bonds is 5. The van der Waals surface area contributed by atoms with Gasteiger partial charge in [-0.1, -0.05) is 6.07 Å². The number of anilines is 1. The summed E-state index contributed by atoms with van der Waals surface area (Å²) in [6.45, 7) is 2.46. The molecule has 32 heavy (non-hydrogen) atoms. The van der Waals surface area contributed by atoms with Crippen LogP contribution in [-0.2, 0) is 19.3 Å². The van der Waals surface area contributed by atoms with E-state index in [-0.39, 0.29) is 30.0 Å². The first-order chi connectivity index (χ1) is 15.1. The quantitative estimate of drug-likeness (QED) is 0.550. The van der Waals surface area contributed by atoms with Crippen LogP contribution in [-0.4, -0.2) is 32.6 Å². The first kappa shape index (κ1) is 21.5. The average Bonchev–Trinajstić information content (AvgIpc) is 3.03. The Morgan fingerprint density at radius 2 is 1.91 bits per heavy atom. The molecule has 12 heteroatoms. The van der Waals surface area contributed by atoms with Crippen molar-refractivity contribution in [1.82, 2.24) is 19.5 Å². The fourth-order valence-electron chi connectivity index (χ4n) is 3.14. The lowest BCUT2D eigenvalue weighted by Gasteiger charge is -2.16. The molecule has 0 fully saturated rings. The van der Waals surface area contributed by atoms with Crippen molar-refractivity contribution in [3.8, 4) is 17.4 Å². The van der Waals surface area contributed by atoms with Crippen LogP contribution in [0.4, 0.5) is 23.4 Å². The van der Waals surface area contributed by atoms with E-state index in [0.29, 0.717) is 17.9 Å². The molecule has 0 N–H and O–H groups in total. The van der Waals surface area contributed by atoms with Crippen LogP contribution in [0.3, 0.4) is 0 Å².